The summed E-state index contributed by atoms with van der Waals surface area (Å²) in [6.07, 6.45) is 4.35. The SMILES string of the molecule is C=CCCc1ccc(S(=O)(=O)CCC)cc1. The van der Waals surface area contributed by atoms with Crippen LogP contribution >= 0.6 is 0 Å². The normalized spacial score (nSPS) is 11.3. The van der Waals surface area contributed by atoms with Gasteiger partial charge in [-0.25, -0.2) is 8.42 Å². The zero-order valence-electron chi connectivity index (χ0n) is 9.65. The summed E-state index contributed by atoms with van der Waals surface area (Å²) in [4.78, 5) is 0.428. The molecule has 0 heterocycles. The van der Waals surface area contributed by atoms with Gasteiger partial charge in [-0.3, -0.25) is 0 Å². The molecule has 0 aliphatic carbocycles. The fourth-order valence-corrected chi connectivity index (χ4v) is 2.84. The minimum absolute atomic E-state index is 0.221. The van der Waals surface area contributed by atoms with Gasteiger partial charge in [-0.2, -0.15) is 0 Å². The molecule has 3 heteroatoms. The van der Waals surface area contributed by atoms with Gasteiger partial charge < -0.3 is 0 Å². The Kier molecular flexibility index (Phi) is 4.74. The third-order valence-electron chi connectivity index (χ3n) is 2.39. The quantitative estimate of drug-likeness (QED) is 0.714. The molecule has 1 rings (SSSR count). The first-order valence-corrected chi connectivity index (χ1v) is 7.18. The molecule has 0 N–H and O–H groups in total. The number of aryl methyl sites for hydroxylation is 1. The molecule has 1 aromatic rings. The maximum Gasteiger partial charge on any atom is 0.178 e. The van der Waals surface area contributed by atoms with E-state index in [1.54, 1.807) is 12.1 Å². The van der Waals surface area contributed by atoms with Gasteiger partial charge in [0, 0.05) is 0 Å². The second-order valence-electron chi connectivity index (χ2n) is 3.79. The Hall–Kier alpha value is -1.09. The molecule has 0 aromatic heterocycles. The summed E-state index contributed by atoms with van der Waals surface area (Å²) in [7, 11) is -3.07. The summed E-state index contributed by atoms with van der Waals surface area (Å²) >= 11 is 0. The lowest BCUT2D eigenvalue weighted by atomic mass is 10.1. The van der Waals surface area contributed by atoms with Crippen molar-refractivity contribution in [2.75, 3.05) is 5.75 Å². The second-order valence-corrected chi connectivity index (χ2v) is 5.90. The molecule has 0 amide bonds. The van der Waals surface area contributed by atoms with E-state index < -0.39 is 9.84 Å². The summed E-state index contributed by atoms with van der Waals surface area (Å²) in [5.41, 5.74) is 1.15. The summed E-state index contributed by atoms with van der Waals surface area (Å²) in [6, 6.07) is 7.16. The molecule has 88 valence electrons. The predicted octanol–water partition coefficient (Wildman–Crippen LogP) is 2.99. The highest BCUT2D eigenvalue weighted by Gasteiger charge is 2.12. The Balaban J connectivity index is 2.82. The van der Waals surface area contributed by atoms with E-state index >= 15 is 0 Å². The molecule has 0 saturated heterocycles. The van der Waals surface area contributed by atoms with Crippen molar-refractivity contribution in [3.8, 4) is 0 Å². The minimum atomic E-state index is -3.07. The number of hydrogen-bond acceptors (Lipinski definition) is 2. The van der Waals surface area contributed by atoms with Crippen LogP contribution < -0.4 is 0 Å². The van der Waals surface area contributed by atoms with Crippen LogP contribution in [0.15, 0.2) is 41.8 Å². The summed E-state index contributed by atoms with van der Waals surface area (Å²) in [6.45, 7) is 5.53. The molecule has 2 nitrogen and oxygen atoms in total. The summed E-state index contributed by atoms with van der Waals surface area (Å²) in [5.74, 6) is 0.221. The minimum Gasteiger partial charge on any atom is -0.224 e. The van der Waals surface area contributed by atoms with Crippen LogP contribution in [0.1, 0.15) is 25.3 Å². The van der Waals surface area contributed by atoms with Gasteiger partial charge in [0.05, 0.1) is 10.6 Å². The average molecular weight is 238 g/mol. The molecule has 0 saturated carbocycles. The third kappa shape index (κ3) is 3.49. The van der Waals surface area contributed by atoms with Gasteiger partial charge in [0.25, 0.3) is 0 Å². The van der Waals surface area contributed by atoms with E-state index in [2.05, 4.69) is 6.58 Å². The largest absolute Gasteiger partial charge is 0.224 e. The van der Waals surface area contributed by atoms with Crippen molar-refractivity contribution in [3.63, 3.8) is 0 Å². The van der Waals surface area contributed by atoms with E-state index in [4.69, 9.17) is 0 Å². The van der Waals surface area contributed by atoms with Gasteiger partial charge in [-0.15, -0.1) is 6.58 Å². The lowest BCUT2D eigenvalue weighted by Gasteiger charge is -2.04. The number of hydrogen-bond donors (Lipinski definition) is 0. The van der Waals surface area contributed by atoms with Gasteiger partial charge in [-0.05, 0) is 37.0 Å². The van der Waals surface area contributed by atoms with Crippen molar-refractivity contribution in [1.82, 2.24) is 0 Å². The van der Waals surface area contributed by atoms with E-state index in [0.717, 1.165) is 18.4 Å². The van der Waals surface area contributed by atoms with Gasteiger partial charge in [0.1, 0.15) is 0 Å². The van der Waals surface area contributed by atoms with Crippen LogP contribution in [0.25, 0.3) is 0 Å². The van der Waals surface area contributed by atoms with Crippen molar-refractivity contribution in [2.45, 2.75) is 31.1 Å². The van der Waals surface area contributed by atoms with E-state index in [1.165, 1.54) is 0 Å². The number of sulfone groups is 1. The Morgan fingerprint density at radius 1 is 1.25 bits per heavy atom. The fraction of sp³-hybridized carbons (Fsp3) is 0.385. The third-order valence-corrected chi connectivity index (χ3v) is 4.33. The van der Waals surface area contributed by atoms with Crippen LogP contribution in [0.3, 0.4) is 0 Å². The van der Waals surface area contributed by atoms with Crippen molar-refractivity contribution in [3.05, 3.63) is 42.5 Å². The number of rotatable bonds is 6. The first-order chi connectivity index (χ1) is 7.60. The molecular weight excluding hydrogens is 220 g/mol. The molecule has 0 atom stereocenters. The second kappa shape index (κ2) is 5.85. The van der Waals surface area contributed by atoms with Crippen LogP contribution in [0.2, 0.25) is 0 Å². The topological polar surface area (TPSA) is 34.1 Å². The lowest BCUT2D eigenvalue weighted by molar-refractivity contribution is 0.594. The molecule has 0 spiro atoms. The first kappa shape index (κ1) is 13.0. The molecule has 0 bridgehead atoms. The average Bonchev–Trinajstić information content (AvgIpc) is 2.27. The number of benzene rings is 1. The van der Waals surface area contributed by atoms with Crippen molar-refractivity contribution in [1.29, 1.82) is 0 Å². The van der Waals surface area contributed by atoms with E-state index in [9.17, 15) is 8.42 Å². The summed E-state index contributed by atoms with van der Waals surface area (Å²) in [5, 5.41) is 0. The van der Waals surface area contributed by atoms with Gasteiger partial charge in [0.2, 0.25) is 0 Å². The Labute approximate surface area is 97.9 Å². The smallest absolute Gasteiger partial charge is 0.178 e. The lowest BCUT2D eigenvalue weighted by Crippen LogP contribution is -2.05. The monoisotopic (exact) mass is 238 g/mol. The van der Waals surface area contributed by atoms with Crippen LogP contribution in [0.4, 0.5) is 0 Å². The van der Waals surface area contributed by atoms with Crippen molar-refractivity contribution >= 4 is 9.84 Å². The zero-order chi connectivity index (χ0) is 12.0. The van der Waals surface area contributed by atoms with Crippen molar-refractivity contribution < 1.29 is 8.42 Å². The van der Waals surface area contributed by atoms with Crippen LogP contribution in [0, 0.1) is 0 Å². The number of allylic oxidation sites excluding steroid dienone is 1. The molecule has 0 aliphatic heterocycles. The van der Waals surface area contributed by atoms with Crippen LogP contribution in [0.5, 0.6) is 0 Å². The molecular formula is C13H18O2S. The van der Waals surface area contributed by atoms with E-state index in [1.807, 2.05) is 25.1 Å². The zero-order valence-corrected chi connectivity index (χ0v) is 10.5. The van der Waals surface area contributed by atoms with Gasteiger partial charge in [0.15, 0.2) is 9.84 Å². The standard InChI is InChI=1S/C13H18O2S/c1-3-5-6-12-7-9-13(10-8-12)16(14,15)11-4-2/h3,7-10H,1,4-6,11H2,2H3. The highest BCUT2D eigenvalue weighted by molar-refractivity contribution is 7.91. The summed E-state index contributed by atoms with van der Waals surface area (Å²) < 4.78 is 23.5. The molecule has 16 heavy (non-hydrogen) atoms. The van der Waals surface area contributed by atoms with E-state index in [0.29, 0.717) is 11.3 Å². The fourth-order valence-electron chi connectivity index (χ4n) is 1.52. The maximum absolute atomic E-state index is 11.7. The molecule has 1 aromatic carbocycles. The van der Waals surface area contributed by atoms with E-state index in [-0.39, 0.29) is 5.75 Å². The van der Waals surface area contributed by atoms with Gasteiger partial charge >= 0.3 is 0 Å². The Morgan fingerprint density at radius 2 is 1.88 bits per heavy atom. The highest BCUT2D eigenvalue weighted by atomic mass is 32.2. The van der Waals surface area contributed by atoms with Gasteiger partial charge in [-0.1, -0.05) is 25.1 Å². The first-order valence-electron chi connectivity index (χ1n) is 5.52. The Morgan fingerprint density at radius 3 is 2.38 bits per heavy atom. The van der Waals surface area contributed by atoms with Crippen LogP contribution in [-0.4, -0.2) is 14.2 Å². The highest BCUT2D eigenvalue weighted by Crippen LogP contribution is 2.14. The van der Waals surface area contributed by atoms with Crippen LogP contribution in [-0.2, 0) is 16.3 Å². The Bertz CT molecular complexity index is 430. The molecule has 0 unspecified atom stereocenters. The predicted molar refractivity (Wildman–Crippen MR) is 67.3 cm³/mol. The maximum atomic E-state index is 11.7. The van der Waals surface area contributed by atoms with Crippen molar-refractivity contribution in [2.24, 2.45) is 0 Å². The molecule has 0 aliphatic rings. The molecule has 0 radical (unpaired) electrons. The molecule has 0 fully saturated rings.